The third-order valence-electron chi connectivity index (χ3n) is 5.48. The van der Waals surface area contributed by atoms with Gasteiger partial charge in [0.05, 0.1) is 17.9 Å². The molecule has 0 spiro atoms. The van der Waals surface area contributed by atoms with Gasteiger partial charge in [-0.25, -0.2) is 4.90 Å². The number of alkyl halides is 3. The third kappa shape index (κ3) is 4.09. The van der Waals surface area contributed by atoms with E-state index in [1.807, 2.05) is 6.92 Å². The van der Waals surface area contributed by atoms with Crippen molar-refractivity contribution in [3.63, 3.8) is 0 Å². The Bertz CT molecular complexity index is 1310. The molecule has 35 heavy (non-hydrogen) atoms. The van der Waals surface area contributed by atoms with Gasteiger partial charge in [-0.3, -0.25) is 14.6 Å². The lowest BCUT2D eigenvalue weighted by atomic mass is 10.1. The molecule has 2 unspecified atom stereocenters. The van der Waals surface area contributed by atoms with Gasteiger partial charge in [-0.2, -0.15) is 23.3 Å². The van der Waals surface area contributed by atoms with Crippen molar-refractivity contribution in [2.24, 2.45) is 10.3 Å². The number of fused-ring (bicyclic) bond motifs is 1. The molecule has 1 aromatic heterocycles. The Morgan fingerprint density at radius 3 is 2.57 bits per heavy atom. The van der Waals surface area contributed by atoms with Crippen molar-refractivity contribution in [3.8, 4) is 17.1 Å². The summed E-state index contributed by atoms with van der Waals surface area (Å²) < 4.78 is 49.5. The maximum Gasteiger partial charge on any atom is 0.416 e. The smallest absolute Gasteiger partial charge is 0.416 e. The number of amides is 2. The molecule has 3 aromatic rings. The van der Waals surface area contributed by atoms with Crippen LogP contribution in [0.25, 0.3) is 11.4 Å². The van der Waals surface area contributed by atoms with Crippen LogP contribution < -0.4 is 9.64 Å². The van der Waals surface area contributed by atoms with Crippen LogP contribution >= 0.6 is 0 Å². The topological polar surface area (TPSA) is 113 Å². The van der Waals surface area contributed by atoms with E-state index in [-0.39, 0.29) is 23.8 Å². The summed E-state index contributed by atoms with van der Waals surface area (Å²) in [5.74, 6) is -0.498. The minimum Gasteiger partial charge on any atom is -0.494 e. The molecule has 0 aliphatic carbocycles. The van der Waals surface area contributed by atoms with Crippen molar-refractivity contribution < 1.29 is 32.0 Å². The first-order chi connectivity index (χ1) is 16.8. The molecular formula is C22H17F3N6O4. The summed E-state index contributed by atoms with van der Waals surface area (Å²) in [7, 11) is 0. The summed E-state index contributed by atoms with van der Waals surface area (Å²) in [4.78, 5) is 31.1. The van der Waals surface area contributed by atoms with Crippen LogP contribution in [0.3, 0.4) is 0 Å². The summed E-state index contributed by atoms with van der Waals surface area (Å²) in [5, 5.41) is 12.8. The first-order valence-electron chi connectivity index (χ1n) is 10.5. The number of imide groups is 1. The van der Waals surface area contributed by atoms with Crippen LogP contribution in [0.15, 0.2) is 63.4 Å². The molecule has 3 heterocycles. The average Bonchev–Trinajstić information content (AvgIpc) is 3.53. The van der Waals surface area contributed by atoms with E-state index in [2.05, 4.69) is 20.5 Å². The predicted octanol–water partition coefficient (Wildman–Crippen LogP) is 3.65. The van der Waals surface area contributed by atoms with Gasteiger partial charge in [0.15, 0.2) is 12.1 Å². The maximum absolute atomic E-state index is 13.1. The number of benzene rings is 2. The number of carbonyl (C=O) groups excluding carboxylic acids is 2. The minimum atomic E-state index is -4.52. The second-order valence-electron chi connectivity index (χ2n) is 7.72. The molecule has 0 N–H and O–H groups in total. The molecule has 2 aromatic carbocycles. The molecule has 0 saturated carbocycles. The molecule has 0 bridgehead atoms. The van der Waals surface area contributed by atoms with Crippen LogP contribution in [0.5, 0.6) is 5.75 Å². The van der Waals surface area contributed by atoms with Crippen LogP contribution in [-0.2, 0) is 22.3 Å². The highest BCUT2D eigenvalue weighted by Gasteiger charge is 2.55. The summed E-state index contributed by atoms with van der Waals surface area (Å²) >= 11 is 0. The van der Waals surface area contributed by atoms with Gasteiger partial charge in [-0.15, -0.1) is 0 Å². The number of carbonyl (C=O) groups is 2. The number of halogens is 3. The number of hydrogen-bond donors (Lipinski definition) is 0. The van der Waals surface area contributed by atoms with E-state index in [1.165, 1.54) is 17.1 Å². The van der Waals surface area contributed by atoms with Crippen molar-refractivity contribution in [2.75, 3.05) is 11.5 Å². The van der Waals surface area contributed by atoms with Gasteiger partial charge in [0.1, 0.15) is 12.3 Å². The zero-order valence-corrected chi connectivity index (χ0v) is 18.1. The highest BCUT2D eigenvalue weighted by molar-refractivity contribution is 6.25. The Morgan fingerprint density at radius 2 is 1.86 bits per heavy atom. The first kappa shape index (κ1) is 22.5. The standard InChI is InChI=1S/C22H17F3N6O4/c1-2-34-15-8-6-14(7-9-15)31-20(32)17-18(21(31)33)30(29-27-17)11-16-26-19(28-35-16)12-4-3-5-13(10-12)22(23,24)25/h3-10,17-18H,2,11H2,1H3. The molecule has 0 radical (unpaired) electrons. The lowest BCUT2D eigenvalue weighted by molar-refractivity contribution is -0.137. The van der Waals surface area contributed by atoms with E-state index in [4.69, 9.17) is 9.26 Å². The van der Waals surface area contributed by atoms with Crippen LogP contribution in [0, 0.1) is 0 Å². The number of anilines is 1. The van der Waals surface area contributed by atoms with Crippen molar-refractivity contribution in [1.29, 1.82) is 0 Å². The predicted molar refractivity (Wildman–Crippen MR) is 113 cm³/mol. The van der Waals surface area contributed by atoms with Gasteiger partial charge in [-0.1, -0.05) is 22.5 Å². The zero-order valence-electron chi connectivity index (χ0n) is 18.1. The number of nitrogens with zero attached hydrogens (tertiary/aromatic N) is 6. The van der Waals surface area contributed by atoms with Crippen molar-refractivity contribution >= 4 is 17.5 Å². The molecule has 5 rings (SSSR count). The van der Waals surface area contributed by atoms with Gasteiger partial charge in [0.2, 0.25) is 11.7 Å². The van der Waals surface area contributed by atoms with E-state index in [1.54, 1.807) is 24.3 Å². The van der Waals surface area contributed by atoms with Crippen LogP contribution in [0.4, 0.5) is 18.9 Å². The fourth-order valence-corrected chi connectivity index (χ4v) is 3.88. The van der Waals surface area contributed by atoms with E-state index >= 15 is 0 Å². The van der Waals surface area contributed by atoms with Crippen molar-refractivity contribution in [3.05, 3.63) is 60.0 Å². The highest BCUT2D eigenvalue weighted by Crippen LogP contribution is 2.34. The van der Waals surface area contributed by atoms with E-state index in [0.717, 1.165) is 17.0 Å². The van der Waals surface area contributed by atoms with E-state index in [9.17, 15) is 22.8 Å². The lowest BCUT2D eigenvalue weighted by Gasteiger charge is -2.19. The Hall–Kier alpha value is -4.29. The Labute approximate surface area is 196 Å². The average molecular weight is 486 g/mol. The van der Waals surface area contributed by atoms with Crippen molar-refractivity contribution in [2.45, 2.75) is 31.7 Å². The lowest BCUT2D eigenvalue weighted by Crippen LogP contribution is -2.39. The summed E-state index contributed by atoms with van der Waals surface area (Å²) in [5.41, 5.74) is -0.357. The highest BCUT2D eigenvalue weighted by atomic mass is 19.4. The Morgan fingerprint density at radius 1 is 1.09 bits per heavy atom. The van der Waals surface area contributed by atoms with Crippen LogP contribution in [-0.4, -0.2) is 45.7 Å². The molecule has 2 aliphatic heterocycles. The van der Waals surface area contributed by atoms with Gasteiger partial charge >= 0.3 is 6.18 Å². The summed E-state index contributed by atoms with van der Waals surface area (Å²) in [6, 6.07) is 8.99. The molecule has 2 amide bonds. The molecular weight excluding hydrogens is 469 g/mol. The number of ether oxygens (including phenoxy) is 1. The van der Waals surface area contributed by atoms with E-state index in [0.29, 0.717) is 18.0 Å². The fraction of sp³-hybridized carbons (Fsp3) is 0.273. The van der Waals surface area contributed by atoms with Gasteiger partial charge < -0.3 is 9.26 Å². The second kappa shape index (κ2) is 8.49. The number of rotatable bonds is 6. The Balaban J connectivity index is 1.33. The molecule has 180 valence electrons. The van der Waals surface area contributed by atoms with E-state index < -0.39 is 35.6 Å². The quantitative estimate of drug-likeness (QED) is 0.489. The summed E-state index contributed by atoms with van der Waals surface area (Å²) in [6.45, 7) is 2.16. The molecule has 13 heteroatoms. The van der Waals surface area contributed by atoms with Crippen molar-refractivity contribution in [1.82, 2.24) is 15.1 Å². The number of hydrogen-bond acceptors (Lipinski definition) is 9. The molecule has 10 nitrogen and oxygen atoms in total. The molecule has 1 saturated heterocycles. The first-order valence-corrected chi connectivity index (χ1v) is 10.5. The van der Waals surface area contributed by atoms with Gasteiger partial charge in [0.25, 0.3) is 11.8 Å². The van der Waals surface area contributed by atoms with Gasteiger partial charge in [-0.05, 0) is 43.3 Å². The molecule has 1 fully saturated rings. The molecule has 2 aliphatic rings. The minimum absolute atomic E-state index is 0.00298. The Kier molecular flexibility index (Phi) is 5.46. The normalized spacial score (nSPS) is 19.5. The van der Waals surface area contributed by atoms with Crippen LogP contribution in [0.2, 0.25) is 0 Å². The SMILES string of the molecule is CCOc1ccc(N2C(=O)C3N=NN(Cc4nc(-c5cccc(C(F)(F)F)c5)no4)C3C2=O)cc1. The fourth-order valence-electron chi connectivity index (χ4n) is 3.88. The second-order valence-corrected chi connectivity index (χ2v) is 7.72. The number of aromatic nitrogens is 2. The monoisotopic (exact) mass is 486 g/mol. The largest absolute Gasteiger partial charge is 0.494 e. The van der Waals surface area contributed by atoms with Gasteiger partial charge in [0, 0.05) is 5.56 Å². The summed E-state index contributed by atoms with van der Waals surface area (Å²) in [6.07, 6.45) is -4.52. The maximum atomic E-state index is 13.1. The van der Waals surface area contributed by atoms with Crippen LogP contribution in [0.1, 0.15) is 18.4 Å². The zero-order chi connectivity index (χ0) is 24.7. The molecule has 2 atom stereocenters. The third-order valence-corrected chi connectivity index (χ3v) is 5.48.